The molecule has 0 spiro atoms. The summed E-state index contributed by atoms with van der Waals surface area (Å²) in [7, 11) is 0. The van der Waals surface area contributed by atoms with Crippen molar-refractivity contribution in [2.24, 2.45) is 0 Å². The van der Waals surface area contributed by atoms with Crippen LogP contribution in [0.5, 0.6) is 0 Å². The minimum atomic E-state index is 0.237. The molecule has 3 nitrogen and oxygen atoms in total. The summed E-state index contributed by atoms with van der Waals surface area (Å²) in [5.41, 5.74) is 2.37. The van der Waals surface area contributed by atoms with Gasteiger partial charge in [0.05, 0.1) is 12.2 Å². The van der Waals surface area contributed by atoms with E-state index in [9.17, 15) is 0 Å². The first kappa shape index (κ1) is 12.7. The van der Waals surface area contributed by atoms with Gasteiger partial charge in [-0.05, 0) is 25.3 Å². The summed E-state index contributed by atoms with van der Waals surface area (Å²) < 4.78 is 1.95. The van der Waals surface area contributed by atoms with E-state index < -0.39 is 0 Å². The van der Waals surface area contributed by atoms with Gasteiger partial charge in [-0.3, -0.25) is 4.68 Å². The Morgan fingerprint density at radius 3 is 2.75 bits per heavy atom. The highest BCUT2D eigenvalue weighted by molar-refractivity contribution is 5.93. The summed E-state index contributed by atoms with van der Waals surface area (Å²) in [6, 6.07) is 15.0. The van der Waals surface area contributed by atoms with Crippen LogP contribution in [0.3, 0.4) is 0 Å². The van der Waals surface area contributed by atoms with Crippen molar-refractivity contribution in [3.05, 3.63) is 60.4 Å². The molecular formula is C17H19N3. The number of hydrogen-bond donors (Lipinski definition) is 1. The molecule has 1 atom stereocenters. The van der Waals surface area contributed by atoms with Crippen LogP contribution in [0.25, 0.3) is 10.8 Å². The Labute approximate surface area is 119 Å². The van der Waals surface area contributed by atoms with Gasteiger partial charge < -0.3 is 5.32 Å². The normalized spacial score (nSPS) is 12.5. The van der Waals surface area contributed by atoms with Gasteiger partial charge in [0.25, 0.3) is 0 Å². The molecule has 0 aliphatic heterocycles. The van der Waals surface area contributed by atoms with E-state index in [-0.39, 0.29) is 6.04 Å². The van der Waals surface area contributed by atoms with Crippen LogP contribution < -0.4 is 5.32 Å². The lowest BCUT2D eigenvalue weighted by Gasteiger charge is -2.15. The Morgan fingerprint density at radius 1 is 1.15 bits per heavy atom. The molecule has 2 aromatic carbocycles. The Hall–Kier alpha value is -2.29. The van der Waals surface area contributed by atoms with Crippen LogP contribution in [0.4, 0.5) is 5.69 Å². The smallest absolute Gasteiger partial charge is 0.0542 e. The Kier molecular flexibility index (Phi) is 3.42. The van der Waals surface area contributed by atoms with Gasteiger partial charge in [-0.2, -0.15) is 5.10 Å². The molecule has 0 bridgehead atoms. The molecule has 0 radical (unpaired) electrons. The van der Waals surface area contributed by atoms with Gasteiger partial charge in [0, 0.05) is 29.4 Å². The lowest BCUT2D eigenvalue weighted by molar-refractivity contribution is 0.658. The molecule has 0 aliphatic rings. The highest BCUT2D eigenvalue weighted by atomic mass is 15.3. The number of hydrogen-bond acceptors (Lipinski definition) is 2. The Morgan fingerprint density at radius 2 is 1.95 bits per heavy atom. The van der Waals surface area contributed by atoms with Crippen molar-refractivity contribution >= 4 is 16.5 Å². The lowest BCUT2D eigenvalue weighted by Crippen LogP contribution is -2.06. The number of nitrogens with zero attached hydrogens (tertiary/aromatic N) is 2. The average molecular weight is 265 g/mol. The maximum Gasteiger partial charge on any atom is 0.0542 e. The van der Waals surface area contributed by atoms with Gasteiger partial charge in [-0.1, -0.05) is 36.4 Å². The van der Waals surface area contributed by atoms with E-state index in [2.05, 4.69) is 72.9 Å². The molecule has 1 unspecified atom stereocenters. The van der Waals surface area contributed by atoms with Gasteiger partial charge in [-0.25, -0.2) is 0 Å². The van der Waals surface area contributed by atoms with E-state index >= 15 is 0 Å². The van der Waals surface area contributed by atoms with Gasteiger partial charge in [0.15, 0.2) is 0 Å². The van der Waals surface area contributed by atoms with Crippen molar-refractivity contribution < 1.29 is 0 Å². The van der Waals surface area contributed by atoms with Gasteiger partial charge in [0.1, 0.15) is 0 Å². The van der Waals surface area contributed by atoms with E-state index in [1.54, 1.807) is 0 Å². The fourth-order valence-corrected chi connectivity index (χ4v) is 2.44. The number of anilines is 1. The molecule has 0 amide bonds. The second-order valence-corrected chi connectivity index (χ2v) is 5.02. The quantitative estimate of drug-likeness (QED) is 0.765. The van der Waals surface area contributed by atoms with Crippen LogP contribution in [0, 0.1) is 0 Å². The van der Waals surface area contributed by atoms with Gasteiger partial charge in [0.2, 0.25) is 0 Å². The van der Waals surface area contributed by atoms with Crippen LogP contribution in [0.2, 0.25) is 0 Å². The molecule has 1 aromatic heterocycles. The molecule has 0 saturated heterocycles. The molecule has 20 heavy (non-hydrogen) atoms. The monoisotopic (exact) mass is 265 g/mol. The number of fused-ring (bicyclic) bond motifs is 1. The maximum absolute atomic E-state index is 4.34. The van der Waals surface area contributed by atoms with Crippen molar-refractivity contribution in [1.29, 1.82) is 0 Å². The second-order valence-electron chi connectivity index (χ2n) is 5.02. The van der Waals surface area contributed by atoms with Crippen LogP contribution in [0.15, 0.2) is 54.9 Å². The third-order valence-electron chi connectivity index (χ3n) is 3.64. The predicted molar refractivity (Wildman–Crippen MR) is 83.9 cm³/mol. The molecule has 0 fully saturated rings. The second kappa shape index (κ2) is 5.37. The van der Waals surface area contributed by atoms with E-state index in [1.165, 1.54) is 22.0 Å². The highest BCUT2D eigenvalue weighted by Crippen LogP contribution is 2.26. The van der Waals surface area contributed by atoms with Crippen molar-refractivity contribution in [3.63, 3.8) is 0 Å². The zero-order valence-electron chi connectivity index (χ0n) is 11.9. The number of nitrogens with one attached hydrogen (secondary N) is 1. The average Bonchev–Trinajstić information content (AvgIpc) is 2.97. The largest absolute Gasteiger partial charge is 0.378 e. The molecule has 0 saturated carbocycles. The summed E-state index contributed by atoms with van der Waals surface area (Å²) in [6.07, 6.45) is 4.04. The molecule has 0 aliphatic carbocycles. The molecule has 3 aromatic rings. The van der Waals surface area contributed by atoms with Crippen LogP contribution in [-0.2, 0) is 6.54 Å². The van der Waals surface area contributed by atoms with Crippen LogP contribution >= 0.6 is 0 Å². The standard InChI is InChI=1S/C17H19N3/c1-3-20-12-15(11-18-20)13(2)19-17-10-6-8-14-7-4-5-9-16(14)17/h4-13,19H,3H2,1-2H3. The molecule has 3 rings (SSSR count). The summed E-state index contributed by atoms with van der Waals surface area (Å²) >= 11 is 0. The molecule has 102 valence electrons. The van der Waals surface area contributed by atoms with E-state index in [4.69, 9.17) is 0 Å². The summed E-state index contributed by atoms with van der Waals surface area (Å²) in [5.74, 6) is 0. The van der Waals surface area contributed by atoms with Crippen LogP contribution in [-0.4, -0.2) is 9.78 Å². The molecule has 1 N–H and O–H groups in total. The summed E-state index contributed by atoms with van der Waals surface area (Å²) in [6.45, 7) is 5.17. The van der Waals surface area contributed by atoms with Crippen LogP contribution in [0.1, 0.15) is 25.5 Å². The molecule has 1 heterocycles. The first-order valence-electron chi connectivity index (χ1n) is 7.04. The number of benzene rings is 2. The van der Waals surface area contributed by atoms with Gasteiger partial charge in [-0.15, -0.1) is 0 Å². The van der Waals surface area contributed by atoms with E-state index in [0.717, 1.165) is 6.54 Å². The fourth-order valence-electron chi connectivity index (χ4n) is 2.44. The predicted octanol–water partition coefficient (Wildman–Crippen LogP) is 4.23. The summed E-state index contributed by atoms with van der Waals surface area (Å²) in [5, 5.41) is 10.4. The zero-order chi connectivity index (χ0) is 13.9. The fraction of sp³-hybridized carbons (Fsp3) is 0.235. The summed E-state index contributed by atoms with van der Waals surface area (Å²) in [4.78, 5) is 0. The lowest BCUT2D eigenvalue weighted by atomic mass is 10.1. The zero-order valence-corrected chi connectivity index (χ0v) is 11.9. The van der Waals surface area contributed by atoms with Gasteiger partial charge >= 0.3 is 0 Å². The van der Waals surface area contributed by atoms with E-state index in [1.807, 2.05) is 10.9 Å². The van der Waals surface area contributed by atoms with Crippen molar-refractivity contribution in [3.8, 4) is 0 Å². The van der Waals surface area contributed by atoms with Crippen molar-refractivity contribution in [2.45, 2.75) is 26.4 Å². The first-order valence-corrected chi connectivity index (χ1v) is 7.04. The number of aryl methyl sites for hydroxylation is 1. The topological polar surface area (TPSA) is 29.9 Å². The molecular weight excluding hydrogens is 246 g/mol. The third kappa shape index (κ3) is 2.39. The minimum absolute atomic E-state index is 0.237. The molecule has 3 heteroatoms. The minimum Gasteiger partial charge on any atom is -0.378 e. The maximum atomic E-state index is 4.34. The third-order valence-corrected chi connectivity index (χ3v) is 3.64. The highest BCUT2D eigenvalue weighted by Gasteiger charge is 2.09. The SMILES string of the molecule is CCn1cc(C(C)Nc2cccc3ccccc23)cn1. The Bertz CT molecular complexity index is 710. The first-order chi connectivity index (χ1) is 9.78. The number of rotatable bonds is 4. The van der Waals surface area contributed by atoms with E-state index in [0.29, 0.717) is 0 Å². The Balaban J connectivity index is 1.89. The van der Waals surface area contributed by atoms with Crippen molar-refractivity contribution in [1.82, 2.24) is 9.78 Å². The van der Waals surface area contributed by atoms with Crippen molar-refractivity contribution in [2.75, 3.05) is 5.32 Å². The number of aromatic nitrogens is 2.